The van der Waals surface area contributed by atoms with Gasteiger partial charge in [0.15, 0.2) is 0 Å². The summed E-state index contributed by atoms with van der Waals surface area (Å²) < 4.78 is 1.99. The number of aromatic nitrogens is 2. The Labute approximate surface area is 144 Å². The molecule has 0 aliphatic carbocycles. The summed E-state index contributed by atoms with van der Waals surface area (Å²) in [5.41, 5.74) is -0.739. The van der Waals surface area contributed by atoms with Gasteiger partial charge in [-0.05, 0) is 24.6 Å². The number of rotatable bonds is 3. The molecule has 0 saturated heterocycles. The summed E-state index contributed by atoms with van der Waals surface area (Å²) in [6.45, 7) is 2.06. The van der Waals surface area contributed by atoms with Crippen molar-refractivity contribution in [1.29, 1.82) is 0 Å². The number of phenols is 1. The Morgan fingerprint density at radius 3 is 2.04 bits per heavy atom. The number of aromatic hydroxyl groups is 1. The Balaban J connectivity index is 0.000000206. The van der Waals surface area contributed by atoms with Crippen LogP contribution in [0.3, 0.4) is 0 Å². The molecule has 0 atom stereocenters. The lowest BCUT2D eigenvalue weighted by Crippen LogP contribution is -1.97. The third kappa shape index (κ3) is 3.87. The van der Waals surface area contributed by atoms with Crippen molar-refractivity contribution in [3.05, 3.63) is 78.8 Å². The molecule has 0 spiro atoms. The van der Waals surface area contributed by atoms with Crippen LogP contribution in [0.5, 0.6) is 5.75 Å². The summed E-state index contributed by atoms with van der Waals surface area (Å²) in [7, 11) is 0. The molecule has 1 aromatic carbocycles. The number of nitro benzene ring substituents is 3. The van der Waals surface area contributed by atoms with Gasteiger partial charge >= 0.3 is 11.4 Å². The lowest BCUT2D eigenvalue weighted by atomic mass is 10.2. The molecule has 12 heteroatoms. The fourth-order valence-electron chi connectivity index (χ4n) is 1.99. The molecule has 26 heavy (non-hydrogen) atoms. The van der Waals surface area contributed by atoms with Gasteiger partial charge in [0.1, 0.15) is 5.65 Å². The van der Waals surface area contributed by atoms with E-state index < -0.39 is 37.6 Å². The number of nitrogens with zero attached hydrogens (tertiary/aromatic N) is 5. The second-order valence-corrected chi connectivity index (χ2v) is 5.00. The quantitative estimate of drug-likeness (QED) is 0.548. The lowest BCUT2D eigenvalue weighted by Gasteiger charge is -1.97. The fourth-order valence-corrected chi connectivity index (χ4v) is 1.99. The Morgan fingerprint density at radius 2 is 1.54 bits per heavy atom. The Bertz CT molecular complexity index is 979. The molecule has 134 valence electrons. The van der Waals surface area contributed by atoms with Crippen molar-refractivity contribution in [3.8, 4) is 5.75 Å². The predicted octanol–water partition coefficient (Wildman–Crippen LogP) is 2.76. The highest BCUT2D eigenvalue weighted by molar-refractivity contribution is 5.64. The summed E-state index contributed by atoms with van der Waals surface area (Å²) in [5, 5.41) is 40.2. The molecule has 2 aromatic heterocycles. The normalized spacial score (nSPS) is 10.0. The first-order chi connectivity index (χ1) is 12.2. The van der Waals surface area contributed by atoms with Gasteiger partial charge in [0.05, 0.1) is 26.9 Å². The van der Waals surface area contributed by atoms with Crippen LogP contribution in [0, 0.1) is 37.3 Å². The molecule has 3 rings (SSSR count). The van der Waals surface area contributed by atoms with Crippen LogP contribution in [0.1, 0.15) is 5.56 Å². The largest absolute Gasteiger partial charge is 0.497 e. The molecular weight excluding hydrogens is 350 g/mol. The van der Waals surface area contributed by atoms with Crippen LogP contribution in [0.15, 0.2) is 42.9 Å². The maximum Gasteiger partial charge on any atom is 0.324 e. The zero-order chi connectivity index (χ0) is 19.4. The van der Waals surface area contributed by atoms with Crippen molar-refractivity contribution in [2.24, 2.45) is 0 Å². The lowest BCUT2D eigenvalue weighted by molar-refractivity contribution is -0.404. The first kappa shape index (κ1) is 18.3. The third-order valence-electron chi connectivity index (χ3n) is 3.21. The van der Waals surface area contributed by atoms with Gasteiger partial charge in [-0.3, -0.25) is 30.3 Å². The Kier molecular flexibility index (Phi) is 5.06. The molecule has 0 aliphatic rings. The van der Waals surface area contributed by atoms with Gasteiger partial charge in [-0.2, -0.15) is 0 Å². The van der Waals surface area contributed by atoms with E-state index in [1.165, 1.54) is 5.56 Å². The molecular formula is C14H11N5O7. The smallest absolute Gasteiger partial charge is 0.324 e. The number of benzene rings is 1. The predicted molar refractivity (Wildman–Crippen MR) is 88.0 cm³/mol. The van der Waals surface area contributed by atoms with E-state index in [2.05, 4.69) is 24.0 Å². The van der Waals surface area contributed by atoms with Crippen LogP contribution >= 0.6 is 0 Å². The molecule has 0 saturated carbocycles. The van der Waals surface area contributed by atoms with Crippen molar-refractivity contribution < 1.29 is 19.9 Å². The number of hydrogen-bond donors (Lipinski definition) is 1. The average molecular weight is 361 g/mol. The van der Waals surface area contributed by atoms with Crippen LogP contribution in [0.4, 0.5) is 17.1 Å². The van der Waals surface area contributed by atoms with Crippen LogP contribution < -0.4 is 0 Å². The average Bonchev–Trinajstić information content (AvgIpc) is 3.02. The third-order valence-corrected chi connectivity index (χ3v) is 3.21. The van der Waals surface area contributed by atoms with Gasteiger partial charge in [0, 0.05) is 18.6 Å². The molecule has 0 aliphatic heterocycles. The summed E-state index contributed by atoms with van der Waals surface area (Å²) in [6.07, 6.45) is 5.75. The van der Waals surface area contributed by atoms with Crippen molar-refractivity contribution in [2.45, 2.75) is 6.92 Å². The SMILES string of the molecule is Cc1ccn2ccnc2c1.O=[N+]([O-])c1cc([N+](=O)[O-])c(O)c([N+](=O)[O-])c1. The highest BCUT2D eigenvalue weighted by Crippen LogP contribution is 2.38. The standard InChI is InChI=1S/C8H8N2.C6H3N3O7/c1-7-2-4-10-5-3-9-8(10)6-7;10-6-4(8(13)14)1-3(7(11)12)2-5(6)9(15)16/h2-6H,1H3;1-2,10H. The first-order valence-corrected chi connectivity index (χ1v) is 6.90. The summed E-state index contributed by atoms with van der Waals surface area (Å²) in [4.78, 5) is 31.9. The van der Waals surface area contributed by atoms with Gasteiger partial charge in [-0.25, -0.2) is 4.98 Å². The minimum atomic E-state index is -1.21. The van der Waals surface area contributed by atoms with Gasteiger partial charge in [-0.15, -0.1) is 0 Å². The van der Waals surface area contributed by atoms with Crippen LogP contribution in [0.2, 0.25) is 0 Å². The van der Waals surface area contributed by atoms with Gasteiger partial charge in [0.25, 0.3) is 11.4 Å². The molecule has 0 fully saturated rings. The first-order valence-electron chi connectivity index (χ1n) is 6.90. The maximum atomic E-state index is 10.4. The van der Waals surface area contributed by atoms with Gasteiger partial charge < -0.3 is 9.51 Å². The fraction of sp³-hybridized carbons (Fsp3) is 0.0714. The molecule has 0 bridgehead atoms. The minimum absolute atomic E-state index is 0.447. The number of non-ortho nitro benzene ring substituents is 1. The van der Waals surface area contributed by atoms with E-state index in [0.29, 0.717) is 12.1 Å². The molecule has 3 aromatic rings. The van der Waals surface area contributed by atoms with Gasteiger partial charge in [0.2, 0.25) is 0 Å². The number of nitro groups is 3. The van der Waals surface area contributed by atoms with Crippen LogP contribution in [0.25, 0.3) is 5.65 Å². The van der Waals surface area contributed by atoms with Crippen LogP contribution in [-0.4, -0.2) is 29.3 Å². The van der Waals surface area contributed by atoms with E-state index in [9.17, 15) is 30.3 Å². The topological polar surface area (TPSA) is 167 Å². The minimum Gasteiger partial charge on any atom is -0.497 e. The van der Waals surface area contributed by atoms with E-state index in [-0.39, 0.29) is 0 Å². The van der Waals surface area contributed by atoms with Crippen molar-refractivity contribution in [1.82, 2.24) is 9.38 Å². The molecule has 2 heterocycles. The zero-order valence-electron chi connectivity index (χ0n) is 13.2. The van der Waals surface area contributed by atoms with Crippen LogP contribution in [-0.2, 0) is 0 Å². The van der Waals surface area contributed by atoms with Gasteiger partial charge in [-0.1, -0.05) is 0 Å². The number of pyridine rings is 1. The second-order valence-electron chi connectivity index (χ2n) is 5.00. The number of hydrogen-bond acceptors (Lipinski definition) is 8. The van der Waals surface area contributed by atoms with E-state index in [4.69, 9.17) is 5.11 Å². The van der Waals surface area contributed by atoms with Crippen molar-refractivity contribution >= 4 is 22.7 Å². The maximum absolute atomic E-state index is 10.4. The monoisotopic (exact) mass is 361 g/mol. The number of aryl methyl sites for hydroxylation is 1. The van der Waals surface area contributed by atoms with E-state index in [0.717, 1.165) is 5.65 Å². The number of phenolic OH excluding ortho intramolecular Hbond substituents is 1. The van der Waals surface area contributed by atoms with Crippen molar-refractivity contribution in [2.75, 3.05) is 0 Å². The van der Waals surface area contributed by atoms with E-state index in [1.807, 2.05) is 16.8 Å². The second kappa shape index (κ2) is 7.21. The molecule has 0 amide bonds. The highest BCUT2D eigenvalue weighted by atomic mass is 16.6. The number of fused-ring (bicyclic) bond motifs is 1. The molecule has 0 unspecified atom stereocenters. The molecule has 1 N–H and O–H groups in total. The zero-order valence-corrected chi connectivity index (χ0v) is 13.2. The Morgan fingerprint density at radius 1 is 0.962 bits per heavy atom. The molecule has 12 nitrogen and oxygen atoms in total. The summed E-state index contributed by atoms with van der Waals surface area (Å²) in [6, 6.07) is 5.01. The summed E-state index contributed by atoms with van der Waals surface area (Å²) >= 11 is 0. The Hall–Kier alpha value is -4.09. The highest BCUT2D eigenvalue weighted by Gasteiger charge is 2.30. The summed E-state index contributed by atoms with van der Waals surface area (Å²) in [5.74, 6) is -1.21. The van der Waals surface area contributed by atoms with E-state index in [1.54, 1.807) is 6.20 Å². The molecule has 0 radical (unpaired) electrons. The van der Waals surface area contributed by atoms with E-state index >= 15 is 0 Å². The number of imidazole rings is 1. The van der Waals surface area contributed by atoms with Crippen molar-refractivity contribution in [3.63, 3.8) is 0 Å².